The van der Waals surface area contributed by atoms with Gasteiger partial charge in [0.25, 0.3) is 0 Å². The molecular weight excluding hydrogens is 248 g/mol. The summed E-state index contributed by atoms with van der Waals surface area (Å²) in [6, 6.07) is 6.92. The van der Waals surface area contributed by atoms with E-state index < -0.39 is 5.97 Å². The number of benzene rings is 1. The van der Waals surface area contributed by atoms with E-state index in [2.05, 4.69) is 33.1 Å². The minimum absolute atomic E-state index is 0.377. The van der Waals surface area contributed by atoms with Crippen LogP contribution in [0, 0.1) is 6.92 Å². The summed E-state index contributed by atoms with van der Waals surface area (Å²) in [4.78, 5) is 10.4. The predicted molar refractivity (Wildman–Crippen MR) is 86.1 cm³/mol. The number of aryl methyl sites for hydroxylation is 1. The topological polar surface area (TPSA) is 37.3 Å². The first-order valence-electron chi connectivity index (χ1n) is 6.61. The van der Waals surface area contributed by atoms with Crippen LogP contribution in [0.4, 0.5) is 0 Å². The van der Waals surface area contributed by atoms with Crippen molar-refractivity contribution in [3.63, 3.8) is 0 Å². The Morgan fingerprint density at radius 3 is 2.30 bits per heavy atom. The summed E-state index contributed by atoms with van der Waals surface area (Å²) < 4.78 is 0. The number of carboxylic acid groups (broad SMARTS) is 1. The van der Waals surface area contributed by atoms with Crippen LogP contribution in [0.2, 0.25) is 0 Å². The van der Waals surface area contributed by atoms with E-state index >= 15 is 0 Å². The Balaban J connectivity index is 0.000000361. The third kappa shape index (κ3) is 8.09. The maximum atomic E-state index is 10.4. The number of carbonyl (C=O) groups is 1. The molecule has 1 aromatic carbocycles. The summed E-state index contributed by atoms with van der Waals surface area (Å²) >= 11 is 0. The van der Waals surface area contributed by atoms with Gasteiger partial charge in [0, 0.05) is 0 Å². The average molecular weight is 272 g/mol. The van der Waals surface area contributed by atoms with Gasteiger partial charge in [-0.3, -0.25) is 0 Å². The molecule has 20 heavy (non-hydrogen) atoms. The molecule has 2 heteroatoms. The summed E-state index contributed by atoms with van der Waals surface area (Å²) in [5.41, 5.74) is 3.67. The van der Waals surface area contributed by atoms with E-state index in [0.29, 0.717) is 5.56 Å². The Bertz CT molecular complexity index is 492. The van der Waals surface area contributed by atoms with E-state index in [4.69, 9.17) is 5.11 Å². The van der Waals surface area contributed by atoms with Gasteiger partial charge in [0.15, 0.2) is 0 Å². The molecular formula is C18H24O2. The molecule has 0 aliphatic carbocycles. The molecule has 108 valence electrons. The Kier molecular flexibility index (Phi) is 8.77. The van der Waals surface area contributed by atoms with Gasteiger partial charge < -0.3 is 5.11 Å². The lowest BCUT2D eigenvalue weighted by molar-refractivity contribution is 0.0696. The van der Waals surface area contributed by atoms with Crippen LogP contribution in [0.3, 0.4) is 0 Å². The quantitative estimate of drug-likeness (QED) is 0.593. The highest BCUT2D eigenvalue weighted by atomic mass is 16.4. The van der Waals surface area contributed by atoms with Crippen LogP contribution in [-0.4, -0.2) is 11.1 Å². The van der Waals surface area contributed by atoms with Crippen LogP contribution in [0.5, 0.6) is 0 Å². The van der Waals surface area contributed by atoms with E-state index in [1.54, 1.807) is 25.1 Å². The first kappa shape index (κ1) is 17.9. The van der Waals surface area contributed by atoms with Gasteiger partial charge in [-0.2, -0.15) is 0 Å². The maximum absolute atomic E-state index is 10.4. The molecule has 0 bridgehead atoms. The molecule has 0 saturated carbocycles. The lowest BCUT2D eigenvalue weighted by Gasteiger charge is -1.96. The molecule has 0 unspecified atom stereocenters. The largest absolute Gasteiger partial charge is 0.478 e. The van der Waals surface area contributed by atoms with Gasteiger partial charge in [-0.25, -0.2) is 4.79 Å². The number of allylic oxidation sites excluding steroid dienone is 4. The molecule has 0 saturated heterocycles. The Morgan fingerprint density at radius 1 is 1.30 bits per heavy atom. The zero-order valence-electron chi connectivity index (χ0n) is 12.6. The van der Waals surface area contributed by atoms with E-state index in [-0.39, 0.29) is 0 Å². The maximum Gasteiger partial charge on any atom is 0.335 e. The van der Waals surface area contributed by atoms with Crippen LogP contribution in [0.1, 0.15) is 42.6 Å². The molecule has 0 radical (unpaired) electrons. The fourth-order valence-electron chi connectivity index (χ4n) is 1.46. The summed E-state index contributed by atoms with van der Waals surface area (Å²) in [6.45, 7) is 13.5. The van der Waals surface area contributed by atoms with Gasteiger partial charge in [0.1, 0.15) is 0 Å². The van der Waals surface area contributed by atoms with E-state index in [1.165, 1.54) is 5.57 Å². The summed E-state index contributed by atoms with van der Waals surface area (Å²) in [6.07, 6.45) is 6.16. The monoisotopic (exact) mass is 272 g/mol. The van der Waals surface area contributed by atoms with E-state index in [0.717, 1.165) is 24.0 Å². The van der Waals surface area contributed by atoms with Gasteiger partial charge in [0.05, 0.1) is 5.56 Å². The SMILES string of the molecule is C=CC(=C)CCC=C(C)C.Cc1ccccc1C(=O)O. The molecule has 0 amide bonds. The van der Waals surface area contributed by atoms with Crippen molar-refractivity contribution in [2.24, 2.45) is 0 Å². The lowest BCUT2D eigenvalue weighted by Crippen LogP contribution is -1.97. The van der Waals surface area contributed by atoms with Crippen LogP contribution in [0.25, 0.3) is 0 Å². The van der Waals surface area contributed by atoms with Crippen LogP contribution < -0.4 is 0 Å². The van der Waals surface area contributed by atoms with Gasteiger partial charge in [-0.05, 0) is 45.2 Å². The van der Waals surface area contributed by atoms with Gasteiger partial charge in [-0.15, -0.1) is 0 Å². The van der Waals surface area contributed by atoms with Gasteiger partial charge >= 0.3 is 5.97 Å². The van der Waals surface area contributed by atoms with Crippen molar-refractivity contribution in [2.75, 3.05) is 0 Å². The van der Waals surface area contributed by atoms with Crippen LogP contribution in [0.15, 0.2) is 60.7 Å². The molecule has 1 aromatic rings. The molecule has 1 N–H and O–H groups in total. The number of rotatable bonds is 5. The first-order valence-corrected chi connectivity index (χ1v) is 6.61. The highest BCUT2D eigenvalue weighted by molar-refractivity contribution is 5.89. The third-order valence-corrected chi connectivity index (χ3v) is 2.68. The molecule has 1 rings (SSSR count). The van der Waals surface area contributed by atoms with E-state index in [9.17, 15) is 4.79 Å². The number of aromatic carboxylic acids is 1. The fourth-order valence-corrected chi connectivity index (χ4v) is 1.46. The first-order chi connectivity index (χ1) is 9.38. The molecule has 0 heterocycles. The van der Waals surface area contributed by atoms with Crippen molar-refractivity contribution in [3.8, 4) is 0 Å². The van der Waals surface area contributed by atoms with Crippen molar-refractivity contribution in [3.05, 3.63) is 71.8 Å². The Labute approximate surface area is 122 Å². The smallest absolute Gasteiger partial charge is 0.335 e. The number of hydrogen-bond donors (Lipinski definition) is 1. The van der Waals surface area contributed by atoms with Crippen molar-refractivity contribution >= 4 is 5.97 Å². The third-order valence-electron chi connectivity index (χ3n) is 2.68. The van der Waals surface area contributed by atoms with Crippen molar-refractivity contribution < 1.29 is 9.90 Å². The highest BCUT2D eigenvalue weighted by Crippen LogP contribution is 2.06. The molecule has 0 aromatic heterocycles. The zero-order valence-corrected chi connectivity index (χ0v) is 12.6. The van der Waals surface area contributed by atoms with Gasteiger partial charge in [-0.1, -0.05) is 54.7 Å². The standard InChI is InChI=1S/C10H16.C8H8O2/c1-5-10(4)8-6-7-9(2)3;1-6-4-2-3-5-7(6)8(9)10/h5,7H,1,4,6,8H2,2-3H3;2-5H,1H3,(H,9,10). The molecule has 0 atom stereocenters. The van der Waals surface area contributed by atoms with Gasteiger partial charge in [0.2, 0.25) is 0 Å². The predicted octanol–water partition coefficient (Wildman–Crippen LogP) is 5.17. The Morgan fingerprint density at radius 2 is 1.90 bits per heavy atom. The molecule has 0 aliphatic rings. The summed E-state index contributed by atoms with van der Waals surface area (Å²) in [7, 11) is 0. The normalized spacial score (nSPS) is 8.95. The second-order valence-electron chi connectivity index (χ2n) is 4.80. The van der Waals surface area contributed by atoms with Crippen LogP contribution in [-0.2, 0) is 0 Å². The Hall–Kier alpha value is -2.09. The molecule has 2 nitrogen and oxygen atoms in total. The fraction of sp³-hybridized carbons (Fsp3) is 0.278. The second-order valence-corrected chi connectivity index (χ2v) is 4.80. The average Bonchev–Trinajstić information content (AvgIpc) is 2.39. The van der Waals surface area contributed by atoms with Crippen molar-refractivity contribution in [2.45, 2.75) is 33.6 Å². The zero-order chi connectivity index (χ0) is 15.5. The van der Waals surface area contributed by atoms with Crippen LogP contribution >= 0.6 is 0 Å². The summed E-state index contributed by atoms with van der Waals surface area (Å²) in [5.74, 6) is -0.863. The molecule has 0 aliphatic heterocycles. The lowest BCUT2D eigenvalue weighted by atomic mass is 10.1. The highest BCUT2D eigenvalue weighted by Gasteiger charge is 2.02. The van der Waals surface area contributed by atoms with Crippen molar-refractivity contribution in [1.82, 2.24) is 0 Å². The van der Waals surface area contributed by atoms with Crippen molar-refractivity contribution in [1.29, 1.82) is 0 Å². The summed E-state index contributed by atoms with van der Waals surface area (Å²) in [5, 5.41) is 8.57. The minimum atomic E-state index is -0.863. The number of carboxylic acids is 1. The van der Waals surface area contributed by atoms with E-state index in [1.807, 2.05) is 12.1 Å². The number of hydrogen-bond acceptors (Lipinski definition) is 1. The second kappa shape index (κ2) is 9.79. The minimum Gasteiger partial charge on any atom is -0.478 e. The molecule has 0 spiro atoms. The molecule has 0 fully saturated rings.